The van der Waals surface area contributed by atoms with Crippen molar-refractivity contribution in [2.45, 2.75) is 27.2 Å². The van der Waals surface area contributed by atoms with E-state index in [0.29, 0.717) is 0 Å². The summed E-state index contributed by atoms with van der Waals surface area (Å²) in [5.74, 6) is 0.513. The van der Waals surface area contributed by atoms with E-state index in [1.54, 1.807) is 0 Å². The molecule has 0 aliphatic rings. The van der Waals surface area contributed by atoms with Crippen LogP contribution in [0.5, 0.6) is 0 Å². The molecule has 0 saturated carbocycles. The first-order chi connectivity index (χ1) is 8.69. The number of hydrogen-bond acceptors (Lipinski definition) is 2. The maximum absolute atomic E-state index is 7.27. The fraction of sp³-hybridized carbons (Fsp3) is 0.375. The van der Waals surface area contributed by atoms with Gasteiger partial charge in [-0.3, -0.25) is 4.99 Å². The zero-order valence-corrected chi connectivity index (χ0v) is 11.4. The van der Waals surface area contributed by atoms with Crippen molar-refractivity contribution in [3.63, 3.8) is 0 Å². The second kappa shape index (κ2) is 7.59. The van der Waals surface area contributed by atoms with Crippen LogP contribution in [-0.4, -0.2) is 12.4 Å². The Morgan fingerprint density at radius 3 is 2.44 bits per heavy atom. The molecule has 2 unspecified atom stereocenters. The van der Waals surface area contributed by atoms with E-state index in [1.807, 2.05) is 31.3 Å². The van der Waals surface area contributed by atoms with Gasteiger partial charge in [-0.2, -0.15) is 0 Å². The van der Waals surface area contributed by atoms with Gasteiger partial charge in [0.2, 0.25) is 0 Å². The molecule has 0 radical (unpaired) electrons. The highest BCUT2D eigenvalue weighted by molar-refractivity contribution is 5.77. The van der Waals surface area contributed by atoms with Gasteiger partial charge in [-0.25, -0.2) is 0 Å². The van der Waals surface area contributed by atoms with Gasteiger partial charge in [0.1, 0.15) is 0 Å². The molecule has 0 heterocycles. The predicted octanol–water partition coefficient (Wildman–Crippen LogP) is 4.43. The molecule has 0 bridgehead atoms. The first-order valence-corrected chi connectivity index (χ1v) is 6.49. The molecule has 96 valence electrons. The van der Waals surface area contributed by atoms with Crippen LogP contribution in [0.25, 0.3) is 5.70 Å². The van der Waals surface area contributed by atoms with Crippen LogP contribution in [0.1, 0.15) is 32.8 Å². The molecular formula is C16H22N2. The van der Waals surface area contributed by atoms with E-state index in [4.69, 9.17) is 5.41 Å². The van der Waals surface area contributed by atoms with Crippen molar-refractivity contribution in [1.29, 1.82) is 5.41 Å². The SMILES string of the molecule is CC/C=C(\N=CC(C)C(C)C=N)c1ccccc1. The second-order valence-corrected chi connectivity index (χ2v) is 4.53. The normalized spacial score (nSPS) is 15.6. The highest BCUT2D eigenvalue weighted by Gasteiger charge is 2.06. The highest BCUT2D eigenvalue weighted by Crippen LogP contribution is 2.17. The molecule has 18 heavy (non-hydrogen) atoms. The summed E-state index contributed by atoms with van der Waals surface area (Å²) < 4.78 is 0. The third kappa shape index (κ3) is 4.28. The van der Waals surface area contributed by atoms with Gasteiger partial charge in [-0.15, -0.1) is 0 Å². The molecule has 0 aliphatic heterocycles. The molecule has 1 rings (SSSR count). The monoisotopic (exact) mass is 242 g/mol. The zero-order chi connectivity index (χ0) is 13.4. The van der Waals surface area contributed by atoms with E-state index in [1.165, 1.54) is 6.21 Å². The van der Waals surface area contributed by atoms with E-state index in [9.17, 15) is 0 Å². The van der Waals surface area contributed by atoms with Crippen LogP contribution in [0, 0.1) is 17.2 Å². The minimum Gasteiger partial charge on any atom is -0.313 e. The standard InChI is InChI=1S/C16H22N2/c1-4-8-16(15-9-6-5-7-10-15)18-12-14(3)13(2)11-17/h5-14,17H,4H2,1-3H3/b16-8-,17-11?,18-12?. The minimum absolute atomic E-state index is 0.229. The molecule has 0 aromatic heterocycles. The molecule has 0 spiro atoms. The molecular weight excluding hydrogens is 220 g/mol. The number of aliphatic imine (C=N–C) groups is 1. The molecule has 1 aromatic carbocycles. The minimum atomic E-state index is 0.229. The quantitative estimate of drug-likeness (QED) is 0.716. The Morgan fingerprint density at radius 2 is 1.89 bits per heavy atom. The third-order valence-electron chi connectivity index (χ3n) is 3.01. The Balaban J connectivity index is 2.86. The molecule has 0 aliphatic carbocycles. The smallest absolute Gasteiger partial charge is 0.0658 e. The van der Waals surface area contributed by atoms with Crippen LogP contribution in [-0.2, 0) is 0 Å². The molecule has 1 N–H and O–H groups in total. The number of allylic oxidation sites excluding steroid dienone is 1. The largest absolute Gasteiger partial charge is 0.313 e. The maximum atomic E-state index is 7.27. The summed E-state index contributed by atoms with van der Waals surface area (Å²) in [5, 5.41) is 7.27. The van der Waals surface area contributed by atoms with Gasteiger partial charge in [-0.05, 0) is 30.0 Å². The van der Waals surface area contributed by atoms with Gasteiger partial charge in [-0.1, -0.05) is 57.2 Å². The zero-order valence-electron chi connectivity index (χ0n) is 11.4. The van der Waals surface area contributed by atoms with Gasteiger partial charge >= 0.3 is 0 Å². The van der Waals surface area contributed by atoms with Crippen LogP contribution in [0.2, 0.25) is 0 Å². The van der Waals surface area contributed by atoms with Crippen LogP contribution in [0.15, 0.2) is 41.4 Å². The number of benzene rings is 1. The van der Waals surface area contributed by atoms with E-state index < -0.39 is 0 Å². The maximum Gasteiger partial charge on any atom is 0.0658 e. The number of nitrogens with zero attached hydrogens (tertiary/aromatic N) is 1. The number of rotatable bonds is 6. The van der Waals surface area contributed by atoms with Crippen LogP contribution >= 0.6 is 0 Å². The topological polar surface area (TPSA) is 36.2 Å². The predicted molar refractivity (Wildman–Crippen MR) is 80.3 cm³/mol. The summed E-state index contributed by atoms with van der Waals surface area (Å²) >= 11 is 0. The van der Waals surface area contributed by atoms with Crippen molar-refractivity contribution in [3.8, 4) is 0 Å². The summed E-state index contributed by atoms with van der Waals surface area (Å²) in [7, 11) is 0. The number of nitrogens with one attached hydrogen (secondary N) is 1. The van der Waals surface area contributed by atoms with Crippen molar-refractivity contribution < 1.29 is 0 Å². The van der Waals surface area contributed by atoms with Crippen molar-refractivity contribution in [3.05, 3.63) is 42.0 Å². The lowest BCUT2D eigenvalue weighted by Crippen LogP contribution is -2.09. The molecule has 2 heteroatoms. The fourth-order valence-electron chi connectivity index (χ4n) is 1.53. The van der Waals surface area contributed by atoms with Crippen LogP contribution < -0.4 is 0 Å². The summed E-state index contributed by atoms with van der Waals surface area (Å²) in [6, 6.07) is 10.2. The Labute approximate surface area is 110 Å². The fourth-order valence-corrected chi connectivity index (χ4v) is 1.53. The molecule has 0 amide bonds. The lowest BCUT2D eigenvalue weighted by Gasteiger charge is -2.10. The Hall–Kier alpha value is -1.70. The number of hydrogen-bond donors (Lipinski definition) is 1. The van der Waals surface area contributed by atoms with Gasteiger partial charge in [0.15, 0.2) is 0 Å². The summed E-state index contributed by atoms with van der Waals surface area (Å²) in [5.41, 5.74) is 2.16. The van der Waals surface area contributed by atoms with Gasteiger partial charge in [0, 0.05) is 6.21 Å². The Morgan fingerprint density at radius 1 is 1.22 bits per heavy atom. The van der Waals surface area contributed by atoms with Gasteiger partial charge in [0.05, 0.1) is 5.70 Å². The summed E-state index contributed by atoms with van der Waals surface area (Å²) in [6.45, 7) is 6.24. The van der Waals surface area contributed by atoms with Crippen LogP contribution in [0.3, 0.4) is 0 Å². The Kier molecular flexibility index (Phi) is 6.06. The van der Waals surface area contributed by atoms with E-state index in [-0.39, 0.29) is 11.8 Å². The second-order valence-electron chi connectivity index (χ2n) is 4.53. The third-order valence-corrected chi connectivity index (χ3v) is 3.01. The first kappa shape index (κ1) is 14.4. The van der Waals surface area contributed by atoms with Crippen molar-refractivity contribution in [2.24, 2.45) is 16.8 Å². The van der Waals surface area contributed by atoms with Gasteiger partial charge in [0.25, 0.3) is 0 Å². The van der Waals surface area contributed by atoms with Crippen molar-refractivity contribution in [2.75, 3.05) is 0 Å². The Bertz CT molecular complexity index is 418. The summed E-state index contributed by atoms with van der Waals surface area (Å²) in [6.07, 6.45) is 6.52. The molecule has 0 fully saturated rings. The lowest BCUT2D eigenvalue weighted by atomic mass is 9.99. The summed E-state index contributed by atoms with van der Waals surface area (Å²) in [4.78, 5) is 4.59. The molecule has 0 saturated heterocycles. The van der Waals surface area contributed by atoms with Gasteiger partial charge < -0.3 is 5.41 Å². The van der Waals surface area contributed by atoms with Crippen molar-refractivity contribution in [1.82, 2.24) is 0 Å². The van der Waals surface area contributed by atoms with E-state index in [2.05, 4.69) is 37.0 Å². The average molecular weight is 242 g/mol. The first-order valence-electron chi connectivity index (χ1n) is 6.49. The average Bonchev–Trinajstić information content (AvgIpc) is 2.43. The molecule has 1 aromatic rings. The van der Waals surface area contributed by atoms with E-state index >= 15 is 0 Å². The molecule has 2 nitrogen and oxygen atoms in total. The van der Waals surface area contributed by atoms with Crippen LogP contribution in [0.4, 0.5) is 0 Å². The highest BCUT2D eigenvalue weighted by atomic mass is 14.7. The molecule has 2 atom stereocenters. The lowest BCUT2D eigenvalue weighted by molar-refractivity contribution is 0.644. The van der Waals surface area contributed by atoms with E-state index in [0.717, 1.165) is 17.7 Å². The van der Waals surface area contributed by atoms with Crippen molar-refractivity contribution >= 4 is 18.1 Å².